The summed E-state index contributed by atoms with van der Waals surface area (Å²) in [5, 5.41) is 7.54. The van der Waals surface area contributed by atoms with Crippen molar-refractivity contribution in [2.45, 2.75) is 20.4 Å². The summed E-state index contributed by atoms with van der Waals surface area (Å²) in [7, 11) is 1.74. The number of nitrogens with one attached hydrogen (secondary N) is 2. The second-order valence-corrected chi connectivity index (χ2v) is 5.50. The fraction of sp³-hybridized carbons (Fsp3) is 0.250. The monoisotopic (exact) mass is 300 g/mol. The molecular weight excluding hydrogens is 283 g/mol. The second kappa shape index (κ2) is 5.29. The quantitative estimate of drug-likeness (QED) is 0.781. The van der Waals surface area contributed by atoms with Crippen molar-refractivity contribution in [2.75, 3.05) is 7.05 Å². The molecule has 3 aromatic rings. The molecule has 2 N–H and O–H groups in total. The van der Waals surface area contributed by atoms with Crippen molar-refractivity contribution in [2.24, 2.45) is 0 Å². The standard InChI is InChI=1S/C16H17FN4O/c1-9-13-6-12(17)4-5-14(13)19-15(9)16(22)21(3)8-11-7-18-20-10(11)2/h4-7,19H,8H2,1-3H3,(H,18,20). The van der Waals surface area contributed by atoms with Gasteiger partial charge in [-0.2, -0.15) is 5.10 Å². The van der Waals surface area contributed by atoms with Crippen LogP contribution >= 0.6 is 0 Å². The van der Waals surface area contributed by atoms with E-state index in [4.69, 9.17) is 0 Å². The number of benzene rings is 1. The van der Waals surface area contributed by atoms with Crippen molar-refractivity contribution >= 4 is 16.8 Å². The van der Waals surface area contributed by atoms with Crippen LogP contribution in [0.3, 0.4) is 0 Å². The lowest BCUT2D eigenvalue weighted by molar-refractivity contribution is 0.0779. The summed E-state index contributed by atoms with van der Waals surface area (Å²) in [5.74, 6) is -0.439. The molecule has 1 amide bonds. The average Bonchev–Trinajstić information content (AvgIpc) is 3.03. The Kier molecular flexibility index (Phi) is 3.44. The van der Waals surface area contributed by atoms with E-state index in [0.717, 1.165) is 27.7 Å². The smallest absolute Gasteiger partial charge is 0.270 e. The summed E-state index contributed by atoms with van der Waals surface area (Å²) in [4.78, 5) is 17.3. The molecule has 22 heavy (non-hydrogen) atoms. The van der Waals surface area contributed by atoms with Crippen LogP contribution in [0.15, 0.2) is 24.4 Å². The van der Waals surface area contributed by atoms with Crippen LogP contribution in [-0.4, -0.2) is 33.0 Å². The van der Waals surface area contributed by atoms with Crippen LogP contribution in [0.1, 0.15) is 27.3 Å². The van der Waals surface area contributed by atoms with E-state index in [9.17, 15) is 9.18 Å². The SMILES string of the molecule is Cc1[nH]ncc1CN(C)C(=O)c1[nH]c2ccc(F)cc2c1C. The zero-order chi connectivity index (χ0) is 15.9. The first-order valence-corrected chi connectivity index (χ1v) is 6.99. The Morgan fingerprint density at radius 2 is 2.14 bits per heavy atom. The van der Waals surface area contributed by atoms with Gasteiger partial charge < -0.3 is 9.88 Å². The topological polar surface area (TPSA) is 64.8 Å². The molecule has 0 saturated carbocycles. The maximum Gasteiger partial charge on any atom is 0.270 e. The predicted octanol–water partition coefficient (Wildman–Crippen LogP) is 2.92. The van der Waals surface area contributed by atoms with Gasteiger partial charge in [-0.3, -0.25) is 9.89 Å². The van der Waals surface area contributed by atoms with Gasteiger partial charge in [0, 0.05) is 35.8 Å². The number of hydrogen-bond acceptors (Lipinski definition) is 2. The van der Waals surface area contributed by atoms with Crippen LogP contribution in [0.2, 0.25) is 0 Å². The Hall–Kier alpha value is -2.63. The van der Waals surface area contributed by atoms with Crippen molar-refractivity contribution in [1.29, 1.82) is 0 Å². The summed E-state index contributed by atoms with van der Waals surface area (Å²) in [6.07, 6.45) is 1.71. The molecule has 0 aliphatic heterocycles. The van der Waals surface area contributed by atoms with Crippen molar-refractivity contribution < 1.29 is 9.18 Å². The molecule has 114 valence electrons. The van der Waals surface area contributed by atoms with Crippen LogP contribution in [0.4, 0.5) is 4.39 Å². The number of aryl methyl sites for hydroxylation is 2. The van der Waals surface area contributed by atoms with Crippen LogP contribution < -0.4 is 0 Å². The largest absolute Gasteiger partial charge is 0.350 e. The minimum atomic E-state index is -0.309. The van der Waals surface area contributed by atoms with Gasteiger partial charge in [-0.05, 0) is 37.6 Å². The Bertz CT molecular complexity index is 849. The summed E-state index contributed by atoms with van der Waals surface area (Å²) < 4.78 is 13.4. The van der Waals surface area contributed by atoms with Crippen LogP contribution in [0.5, 0.6) is 0 Å². The molecule has 0 unspecified atom stereocenters. The van der Waals surface area contributed by atoms with Gasteiger partial charge in [0.2, 0.25) is 0 Å². The number of halogens is 1. The first kappa shape index (κ1) is 14.3. The van der Waals surface area contributed by atoms with E-state index in [0.29, 0.717) is 12.2 Å². The van der Waals surface area contributed by atoms with Gasteiger partial charge in [-0.25, -0.2) is 4.39 Å². The zero-order valence-electron chi connectivity index (χ0n) is 12.7. The fourth-order valence-corrected chi connectivity index (χ4v) is 2.57. The first-order chi connectivity index (χ1) is 10.5. The van der Waals surface area contributed by atoms with Crippen molar-refractivity contribution in [3.05, 3.63) is 52.7 Å². The number of hydrogen-bond donors (Lipinski definition) is 2. The summed E-state index contributed by atoms with van der Waals surface area (Å²) >= 11 is 0. The maximum absolute atomic E-state index is 13.4. The molecule has 0 aliphatic rings. The third-order valence-corrected chi connectivity index (χ3v) is 3.92. The number of aromatic amines is 2. The Labute approximate surface area is 127 Å². The number of amides is 1. The Morgan fingerprint density at radius 1 is 1.36 bits per heavy atom. The van der Waals surface area contributed by atoms with E-state index < -0.39 is 0 Å². The summed E-state index contributed by atoms with van der Waals surface area (Å²) in [6.45, 7) is 4.20. The molecule has 2 heterocycles. The molecule has 6 heteroatoms. The zero-order valence-corrected chi connectivity index (χ0v) is 12.7. The third kappa shape index (κ3) is 2.36. The second-order valence-electron chi connectivity index (χ2n) is 5.50. The molecule has 0 bridgehead atoms. The fourth-order valence-electron chi connectivity index (χ4n) is 2.57. The van der Waals surface area contributed by atoms with Gasteiger partial charge in [0.15, 0.2) is 0 Å². The number of carbonyl (C=O) groups excluding carboxylic acids is 1. The van der Waals surface area contributed by atoms with E-state index in [2.05, 4.69) is 15.2 Å². The first-order valence-electron chi connectivity index (χ1n) is 6.99. The third-order valence-electron chi connectivity index (χ3n) is 3.92. The molecule has 0 radical (unpaired) electrons. The summed E-state index contributed by atoms with van der Waals surface area (Å²) in [6, 6.07) is 4.47. The molecule has 0 atom stereocenters. The minimum Gasteiger partial charge on any atom is -0.350 e. The molecule has 0 fully saturated rings. The number of aromatic nitrogens is 3. The number of rotatable bonds is 3. The number of H-pyrrole nitrogens is 2. The van der Waals surface area contributed by atoms with E-state index in [-0.39, 0.29) is 11.7 Å². The molecule has 2 aromatic heterocycles. The highest BCUT2D eigenvalue weighted by molar-refractivity contribution is 6.00. The lowest BCUT2D eigenvalue weighted by Gasteiger charge is -2.16. The maximum atomic E-state index is 13.4. The van der Waals surface area contributed by atoms with Crippen molar-refractivity contribution in [3.8, 4) is 0 Å². The average molecular weight is 300 g/mol. The highest BCUT2D eigenvalue weighted by Crippen LogP contribution is 2.23. The van der Waals surface area contributed by atoms with E-state index in [1.165, 1.54) is 12.1 Å². The normalized spacial score (nSPS) is 11.1. The van der Waals surface area contributed by atoms with Crippen molar-refractivity contribution in [3.63, 3.8) is 0 Å². The van der Waals surface area contributed by atoms with Crippen molar-refractivity contribution in [1.82, 2.24) is 20.1 Å². The molecule has 0 saturated heterocycles. The Morgan fingerprint density at radius 3 is 2.82 bits per heavy atom. The van der Waals surface area contributed by atoms with Crippen LogP contribution in [0.25, 0.3) is 10.9 Å². The van der Waals surface area contributed by atoms with Crippen LogP contribution in [-0.2, 0) is 6.54 Å². The van der Waals surface area contributed by atoms with E-state index in [1.807, 2.05) is 13.8 Å². The van der Waals surface area contributed by atoms with Gasteiger partial charge in [0.1, 0.15) is 11.5 Å². The molecule has 5 nitrogen and oxygen atoms in total. The van der Waals surface area contributed by atoms with E-state index in [1.54, 1.807) is 24.2 Å². The number of carbonyl (C=O) groups is 1. The van der Waals surface area contributed by atoms with Gasteiger partial charge in [0.05, 0.1) is 6.20 Å². The van der Waals surface area contributed by atoms with Crippen LogP contribution in [0, 0.1) is 19.7 Å². The molecule has 0 aliphatic carbocycles. The lowest BCUT2D eigenvalue weighted by atomic mass is 10.1. The van der Waals surface area contributed by atoms with Gasteiger partial charge in [0.25, 0.3) is 5.91 Å². The van der Waals surface area contributed by atoms with Gasteiger partial charge >= 0.3 is 0 Å². The lowest BCUT2D eigenvalue weighted by Crippen LogP contribution is -2.27. The van der Waals surface area contributed by atoms with E-state index >= 15 is 0 Å². The highest BCUT2D eigenvalue weighted by Gasteiger charge is 2.19. The van der Waals surface area contributed by atoms with Gasteiger partial charge in [-0.1, -0.05) is 0 Å². The molecule has 3 rings (SSSR count). The predicted molar refractivity (Wildman–Crippen MR) is 82.1 cm³/mol. The Balaban J connectivity index is 1.91. The number of fused-ring (bicyclic) bond motifs is 1. The number of nitrogens with zero attached hydrogens (tertiary/aromatic N) is 2. The summed E-state index contributed by atoms with van der Waals surface area (Å²) in [5.41, 5.74) is 3.92. The van der Waals surface area contributed by atoms with Gasteiger partial charge in [-0.15, -0.1) is 0 Å². The minimum absolute atomic E-state index is 0.130. The molecule has 0 spiro atoms. The molecule has 1 aromatic carbocycles. The highest BCUT2D eigenvalue weighted by atomic mass is 19.1. The molecular formula is C16H17FN4O.